The number of hydrogen-bond donors (Lipinski definition) is 1. The number of rotatable bonds is 1. The van der Waals surface area contributed by atoms with E-state index in [1.807, 2.05) is 0 Å². The standard InChI is InChI=1S/C10H19NS/c1-10(2)7-12-6-9(11-10)8-4-3-5-8/h8-9,11H,3-7H2,1-2H3. The molecule has 2 fully saturated rings. The first-order valence-corrected chi connectivity index (χ1v) is 6.18. The SMILES string of the molecule is CC1(C)CSCC(C2CCC2)N1. The molecule has 1 saturated carbocycles. The summed E-state index contributed by atoms with van der Waals surface area (Å²) in [6, 6.07) is 0.812. The van der Waals surface area contributed by atoms with Gasteiger partial charge in [-0.15, -0.1) is 0 Å². The Morgan fingerprint density at radius 3 is 2.58 bits per heavy atom. The largest absolute Gasteiger partial charge is 0.307 e. The summed E-state index contributed by atoms with van der Waals surface area (Å²) in [6.07, 6.45) is 4.40. The van der Waals surface area contributed by atoms with Crippen molar-refractivity contribution in [1.82, 2.24) is 5.32 Å². The summed E-state index contributed by atoms with van der Waals surface area (Å²) < 4.78 is 0. The average Bonchev–Trinajstić information content (AvgIpc) is 1.80. The van der Waals surface area contributed by atoms with E-state index in [0.29, 0.717) is 5.54 Å². The Labute approximate surface area is 79.7 Å². The molecule has 0 aromatic rings. The van der Waals surface area contributed by atoms with Gasteiger partial charge in [-0.2, -0.15) is 11.8 Å². The van der Waals surface area contributed by atoms with E-state index in [4.69, 9.17) is 0 Å². The summed E-state index contributed by atoms with van der Waals surface area (Å²) in [5, 5.41) is 3.77. The Hall–Kier alpha value is 0.310. The van der Waals surface area contributed by atoms with Gasteiger partial charge in [0.15, 0.2) is 0 Å². The minimum Gasteiger partial charge on any atom is -0.307 e. The summed E-state index contributed by atoms with van der Waals surface area (Å²) >= 11 is 2.13. The van der Waals surface area contributed by atoms with Crippen molar-refractivity contribution < 1.29 is 0 Å². The van der Waals surface area contributed by atoms with Crippen molar-refractivity contribution >= 4 is 11.8 Å². The minimum absolute atomic E-state index is 0.378. The summed E-state index contributed by atoms with van der Waals surface area (Å²) in [4.78, 5) is 0. The molecule has 0 radical (unpaired) electrons. The molecule has 2 rings (SSSR count). The van der Waals surface area contributed by atoms with E-state index in [2.05, 4.69) is 30.9 Å². The van der Waals surface area contributed by atoms with Gasteiger partial charge in [-0.1, -0.05) is 6.42 Å². The smallest absolute Gasteiger partial charge is 0.0218 e. The van der Waals surface area contributed by atoms with Gasteiger partial charge in [0.2, 0.25) is 0 Å². The van der Waals surface area contributed by atoms with E-state index in [0.717, 1.165) is 12.0 Å². The molecule has 1 aliphatic heterocycles. The third-order valence-corrected chi connectivity index (χ3v) is 4.58. The maximum absolute atomic E-state index is 3.77. The minimum atomic E-state index is 0.378. The molecule has 1 N–H and O–H groups in total. The van der Waals surface area contributed by atoms with Gasteiger partial charge in [-0.25, -0.2) is 0 Å². The molecule has 1 heterocycles. The van der Waals surface area contributed by atoms with Gasteiger partial charge in [0, 0.05) is 23.1 Å². The predicted octanol–water partition coefficient (Wildman–Crippen LogP) is 2.27. The van der Waals surface area contributed by atoms with Crippen molar-refractivity contribution in [2.45, 2.75) is 44.7 Å². The summed E-state index contributed by atoms with van der Waals surface area (Å²) in [7, 11) is 0. The molecular formula is C10H19NS. The number of thioether (sulfide) groups is 1. The van der Waals surface area contributed by atoms with Crippen molar-refractivity contribution in [3.8, 4) is 0 Å². The second kappa shape index (κ2) is 3.22. The van der Waals surface area contributed by atoms with Gasteiger partial charge in [-0.05, 0) is 32.6 Å². The van der Waals surface area contributed by atoms with Crippen LogP contribution in [0.2, 0.25) is 0 Å². The van der Waals surface area contributed by atoms with E-state index in [9.17, 15) is 0 Å². The lowest BCUT2D eigenvalue weighted by Gasteiger charge is -2.43. The van der Waals surface area contributed by atoms with E-state index >= 15 is 0 Å². The molecule has 2 aliphatic rings. The van der Waals surface area contributed by atoms with Gasteiger partial charge in [-0.3, -0.25) is 0 Å². The van der Waals surface area contributed by atoms with Crippen LogP contribution in [-0.4, -0.2) is 23.1 Å². The van der Waals surface area contributed by atoms with E-state index in [1.54, 1.807) is 0 Å². The highest BCUT2D eigenvalue weighted by atomic mass is 32.2. The van der Waals surface area contributed by atoms with E-state index < -0.39 is 0 Å². The number of nitrogens with one attached hydrogen (secondary N) is 1. The zero-order chi connectivity index (χ0) is 8.60. The lowest BCUT2D eigenvalue weighted by Crippen LogP contribution is -2.56. The highest BCUT2D eigenvalue weighted by Gasteiger charge is 2.34. The fraction of sp³-hybridized carbons (Fsp3) is 1.00. The van der Waals surface area contributed by atoms with Crippen molar-refractivity contribution in [1.29, 1.82) is 0 Å². The van der Waals surface area contributed by atoms with Gasteiger partial charge in [0.1, 0.15) is 0 Å². The number of hydrogen-bond acceptors (Lipinski definition) is 2. The molecule has 1 aliphatic carbocycles. The van der Waals surface area contributed by atoms with Crippen LogP contribution in [0.3, 0.4) is 0 Å². The van der Waals surface area contributed by atoms with Gasteiger partial charge in [0.05, 0.1) is 0 Å². The summed E-state index contributed by atoms with van der Waals surface area (Å²) in [5.41, 5.74) is 0.378. The Morgan fingerprint density at radius 1 is 1.33 bits per heavy atom. The first-order valence-electron chi connectivity index (χ1n) is 5.03. The molecule has 1 saturated heterocycles. The lowest BCUT2D eigenvalue weighted by molar-refractivity contribution is 0.208. The fourth-order valence-electron chi connectivity index (χ4n) is 2.12. The molecule has 0 spiro atoms. The molecule has 0 aromatic carbocycles. The molecule has 2 heteroatoms. The molecule has 70 valence electrons. The quantitative estimate of drug-likeness (QED) is 0.672. The monoisotopic (exact) mass is 185 g/mol. The van der Waals surface area contributed by atoms with Crippen LogP contribution < -0.4 is 5.32 Å². The average molecular weight is 185 g/mol. The fourth-order valence-corrected chi connectivity index (χ4v) is 3.44. The van der Waals surface area contributed by atoms with E-state index in [-0.39, 0.29) is 0 Å². The maximum Gasteiger partial charge on any atom is 0.0218 e. The summed E-state index contributed by atoms with van der Waals surface area (Å²) in [6.45, 7) is 4.65. The molecule has 1 nitrogen and oxygen atoms in total. The van der Waals surface area contributed by atoms with Crippen LogP contribution in [0.1, 0.15) is 33.1 Å². The Kier molecular flexibility index (Phi) is 2.39. The lowest BCUT2D eigenvalue weighted by atomic mass is 9.79. The van der Waals surface area contributed by atoms with Crippen LogP contribution in [0.25, 0.3) is 0 Å². The molecule has 0 aromatic heterocycles. The molecule has 1 atom stereocenters. The van der Waals surface area contributed by atoms with Crippen molar-refractivity contribution in [3.63, 3.8) is 0 Å². The van der Waals surface area contributed by atoms with Crippen molar-refractivity contribution in [2.75, 3.05) is 11.5 Å². The second-order valence-corrected chi connectivity index (χ2v) is 5.87. The van der Waals surface area contributed by atoms with Gasteiger partial charge < -0.3 is 5.32 Å². The third kappa shape index (κ3) is 1.80. The van der Waals surface area contributed by atoms with Crippen LogP contribution in [0.4, 0.5) is 0 Å². The topological polar surface area (TPSA) is 12.0 Å². The van der Waals surface area contributed by atoms with Crippen LogP contribution in [0.5, 0.6) is 0 Å². The van der Waals surface area contributed by atoms with Crippen LogP contribution in [0, 0.1) is 5.92 Å². The molecule has 0 amide bonds. The van der Waals surface area contributed by atoms with Crippen LogP contribution in [-0.2, 0) is 0 Å². The molecular weight excluding hydrogens is 166 g/mol. The maximum atomic E-state index is 3.77. The van der Waals surface area contributed by atoms with Crippen LogP contribution >= 0.6 is 11.8 Å². The van der Waals surface area contributed by atoms with Gasteiger partial charge >= 0.3 is 0 Å². The Morgan fingerprint density at radius 2 is 2.08 bits per heavy atom. The van der Waals surface area contributed by atoms with Gasteiger partial charge in [0.25, 0.3) is 0 Å². The first kappa shape index (κ1) is 8.89. The van der Waals surface area contributed by atoms with Crippen molar-refractivity contribution in [3.05, 3.63) is 0 Å². The highest BCUT2D eigenvalue weighted by Crippen LogP contribution is 2.34. The molecule has 1 unspecified atom stereocenters. The normalized spacial score (nSPS) is 36.0. The van der Waals surface area contributed by atoms with Crippen molar-refractivity contribution in [2.24, 2.45) is 5.92 Å². The Balaban J connectivity index is 1.89. The molecule has 12 heavy (non-hydrogen) atoms. The molecule has 0 bridgehead atoms. The van der Waals surface area contributed by atoms with E-state index in [1.165, 1.54) is 30.8 Å². The highest BCUT2D eigenvalue weighted by molar-refractivity contribution is 7.99. The Bertz CT molecular complexity index is 163. The third-order valence-electron chi connectivity index (χ3n) is 3.06. The first-order chi connectivity index (χ1) is 5.67. The zero-order valence-electron chi connectivity index (χ0n) is 8.10. The zero-order valence-corrected chi connectivity index (χ0v) is 8.91. The van der Waals surface area contributed by atoms with Crippen LogP contribution in [0.15, 0.2) is 0 Å². The summed E-state index contributed by atoms with van der Waals surface area (Å²) in [5.74, 6) is 3.61. The second-order valence-electron chi connectivity index (χ2n) is 4.84. The predicted molar refractivity (Wildman–Crippen MR) is 55.7 cm³/mol.